The molecule has 0 saturated carbocycles. The maximum atomic E-state index is 13.1. The number of amides is 1. The number of aryl methyl sites for hydroxylation is 1. The van der Waals surface area contributed by atoms with Crippen LogP contribution in [0.25, 0.3) is 16.2 Å². The second-order valence-corrected chi connectivity index (χ2v) is 7.34. The zero-order valence-corrected chi connectivity index (χ0v) is 15.1. The summed E-state index contributed by atoms with van der Waals surface area (Å²) in [6.07, 6.45) is 3.84. The highest BCUT2D eigenvalue weighted by molar-refractivity contribution is 7.13. The van der Waals surface area contributed by atoms with E-state index in [1.807, 2.05) is 52.9 Å². The topological polar surface area (TPSA) is 55.4 Å². The Morgan fingerprint density at radius 3 is 2.92 bits per heavy atom. The van der Waals surface area contributed by atoms with E-state index in [2.05, 4.69) is 26.0 Å². The third-order valence-electron chi connectivity index (χ3n) is 4.90. The Bertz CT molecular complexity index is 1110. The molecule has 1 aliphatic rings. The molecule has 0 atom stereocenters. The molecule has 0 unspecified atom stereocenters. The Morgan fingerprint density at radius 1 is 1.19 bits per heavy atom. The molecular formula is C19H17N5OS. The smallest absolute Gasteiger partial charge is 0.274 e. The highest BCUT2D eigenvalue weighted by Gasteiger charge is 2.27. The van der Waals surface area contributed by atoms with Crippen LogP contribution in [0, 0.1) is 6.92 Å². The third-order valence-corrected chi connectivity index (χ3v) is 5.79. The molecule has 0 N–H and O–H groups in total. The standard InChI is InChI=1S/C19H17N5OS/c1-13-18(21-16-6-2-3-7-23(13)16)19(25)22-8-9-24-14(11-20-17(24)12-22)15-5-4-10-26-15/h2-7,10-11H,8-9,12H2,1H3. The molecule has 4 aromatic rings. The van der Waals surface area contributed by atoms with Crippen LogP contribution >= 0.6 is 11.3 Å². The lowest BCUT2D eigenvalue weighted by Crippen LogP contribution is -2.39. The SMILES string of the molecule is Cc1c(C(=O)N2CCn3c(-c4cccs4)cnc3C2)nc2ccccn12. The zero-order chi connectivity index (χ0) is 17.7. The first-order valence-electron chi connectivity index (χ1n) is 8.53. The Morgan fingerprint density at radius 2 is 2.12 bits per heavy atom. The molecule has 0 radical (unpaired) electrons. The largest absolute Gasteiger partial charge is 0.328 e. The van der Waals surface area contributed by atoms with Gasteiger partial charge in [0.15, 0.2) is 0 Å². The van der Waals surface area contributed by atoms with Gasteiger partial charge in [-0.15, -0.1) is 11.3 Å². The molecule has 130 valence electrons. The number of aromatic nitrogens is 4. The fourth-order valence-electron chi connectivity index (χ4n) is 3.53. The van der Waals surface area contributed by atoms with Gasteiger partial charge in [-0.1, -0.05) is 12.1 Å². The number of hydrogen-bond donors (Lipinski definition) is 0. The Balaban J connectivity index is 1.45. The number of rotatable bonds is 2. The summed E-state index contributed by atoms with van der Waals surface area (Å²) in [7, 11) is 0. The van der Waals surface area contributed by atoms with Crippen molar-refractivity contribution in [2.45, 2.75) is 20.0 Å². The van der Waals surface area contributed by atoms with Gasteiger partial charge in [0.05, 0.1) is 29.0 Å². The molecule has 0 fully saturated rings. The van der Waals surface area contributed by atoms with E-state index in [1.54, 1.807) is 11.3 Å². The summed E-state index contributed by atoms with van der Waals surface area (Å²) in [4.78, 5) is 25.2. The maximum absolute atomic E-state index is 13.1. The van der Waals surface area contributed by atoms with E-state index in [4.69, 9.17) is 0 Å². The van der Waals surface area contributed by atoms with Crippen molar-refractivity contribution < 1.29 is 4.79 Å². The summed E-state index contributed by atoms with van der Waals surface area (Å²) in [5.74, 6) is 0.896. The molecule has 6 nitrogen and oxygen atoms in total. The molecule has 26 heavy (non-hydrogen) atoms. The van der Waals surface area contributed by atoms with Gasteiger partial charge < -0.3 is 13.9 Å². The second-order valence-electron chi connectivity index (χ2n) is 6.39. The van der Waals surface area contributed by atoms with E-state index < -0.39 is 0 Å². The average molecular weight is 363 g/mol. The van der Waals surface area contributed by atoms with Crippen LogP contribution in [-0.4, -0.2) is 36.3 Å². The van der Waals surface area contributed by atoms with Gasteiger partial charge >= 0.3 is 0 Å². The fourth-order valence-corrected chi connectivity index (χ4v) is 4.27. The lowest BCUT2D eigenvalue weighted by molar-refractivity contribution is 0.0702. The summed E-state index contributed by atoms with van der Waals surface area (Å²) >= 11 is 1.71. The molecular weight excluding hydrogens is 346 g/mol. The van der Waals surface area contributed by atoms with Crippen molar-refractivity contribution in [1.82, 2.24) is 23.8 Å². The highest BCUT2D eigenvalue weighted by Crippen LogP contribution is 2.28. The first-order valence-corrected chi connectivity index (χ1v) is 9.41. The quantitative estimate of drug-likeness (QED) is 0.549. The monoisotopic (exact) mass is 363 g/mol. The van der Waals surface area contributed by atoms with Crippen molar-refractivity contribution in [2.75, 3.05) is 6.54 Å². The van der Waals surface area contributed by atoms with Crippen molar-refractivity contribution in [3.05, 3.63) is 65.3 Å². The van der Waals surface area contributed by atoms with Gasteiger partial charge in [-0.05, 0) is 30.5 Å². The van der Waals surface area contributed by atoms with Crippen LogP contribution in [-0.2, 0) is 13.1 Å². The molecule has 5 rings (SSSR count). The van der Waals surface area contributed by atoms with Crippen LogP contribution in [0.4, 0.5) is 0 Å². The van der Waals surface area contributed by atoms with Crippen molar-refractivity contribution >= 4 is 22.9 Å². The Kier molecular flexibility index (Phi) is 3.43. The Hall–Kier alpha value is -2.93. The summed E-state index contributed by atoms with van der Waals surface area (Å²) in [6, 6.07) is 9.94. The number of fused-ring (bicyclic) bond motifs is 2. The summed E-state index contributed by atoms with van der Waals surface area (Å²) in [5, 5.41) is 2.07. The van der Waals surface area contributed by atoms with Crippen LogP contribution < -0.4 is 0 Å². The van der Waals surface area contributed by atoms with Crippen LogP contribution in [0.3, 0.4) is 0 Å². The average Bonchev–Trinajstić information content (AvgIpc) is 3.39. The molecule has 1 amide bonds. The van der Waals surface area contributed by atoms with Gasteiger partial charge in [0, 0.05) is 19.3 Å². The normalized spacial score (nSPS) is 14.0. The molecule has 0 bridgehead atoms. The van der Waals surface area contributed by atoms with E-state index in [0.29, 0.717) is 18.8 Å². The van der Waals surface area contributed by atoms with Crippen LogP contribution in [0.15, 0.2) is 48.1 Å². The minimum absolute atomic E-state index is 0.0295. The number of imidazole rings is 2. The van der Waals surface area contributed by atoms with Gasteiger partial charge in [0.25, 0.3) is 5.91 Å². The predicted molar refractivity (Wildman–Crippen MR) is 100 cm³/mol. The van der Waals surface area contributed by atoms with Crippen molar-refractivity contribution in [3.63, 3.8) is 0 Å². The lowest BCUT2D eigenvalue weighted by Gasteiger charge is -2.28. The van der Waals surface area contributed by atoms with Gasteiger partial charge in [-0.25, -0.2) is 9.97 Å². The van der Waals surface area contributed by atoms with E-state index in [9.17, 15) is 4.79 Å². The number of carbonyl (C=O) groups excluding carboxylic acids is 1. The number of pyridine rings is 1. The van der Waals surface area contributed by atoms with E-state index in [1.165, 1.54) is 4.88 Å². The number of hydrogen-bond acceptors (Lipinski definition) is 4. The lowest BCUT2D eigenvalue weighted by atomic mass is 10.2. The van der Waals surface area contributed by atoms with Crippen molar-refractivity contribution in [1.29, 1.82) is 0 Å². The number of carbonyl (C=O) groups is 1. The van der Waals surface area contributed by atoms with Crippen LogP contribution in [0.1, 0.15) is 22.0 Å². The minimum atomic E-state index is -0.0295. The molecule has 0 aromatic carbocycles. The fraction of sp³-hybridized carbons (Fsp3) is 0.211. The molecule has 0 spiro atoms. The molecule has 1 aliphatic heterocycles. The van der Waals surface area contributed by atoms with Gasteiger partial charge in [-0.2, -0.15) is 0 Å². The highest BCUT2D eigenvalue weighted by atomic mass is 32.1. The predicted octanol–water partition coefficient (Wildman–Crippen LogP) is 3.22. The first kappa shape index (κ1) is 15.3. The number of nitrogens with zero attached hydrogens (tertiary/aromatic N) is 5. The van der Waals surface area contributed by atoms with Crippen LogP contribution in [0.5, 0.6) is 0 Å². The number of thiophene rings is 1. The molecule has 5 heterocycles. The first-order chi connectivity index (χ1) is 12.7. The van der Waals surface area contributed by atoms with Crippen molar-refractivity contribution in [2.24, 2.45) is 0 Å². The van der Waals surface area contributed by atoms with Gasteiger partial charge in [-0.3, -0.25) is 4.79 Å². The van der Waals surface area contributed by atoms with Crippen molar-refractivity contribution in [3.8, 4) is 10.6 Å². The van der Waals surface area contributed by atoms with Crippen LogP contribution in [0.2, 0.25) is 0 Å². The summed E-state index contributed by atoms with van der Waals surface area (Å²) < 4.78 is 4.17. The second kappa shape index (κ2) is 5.81. The molecule has 7 heteroatoms. The zero-order valence-electron chi connectivity index (χ0n) is 14.3. The van der Waals surface area contributed by atoms with E-state index in [0.717, 1.165) is 29.4 Å². The summed E-state index contributed by atoms with van der Waals surface area (Å²) in [5.41, 5.74) is 3.33. The molecule has 4 aromatic heterocycles. The third kappa shape index (κ3) is 2.28. The molecule has 0 aliphatic carbocycles. The minimum Gasteiger partial charge on any atom is -0.328 e. The van der Waals surface area contributed by atoms with E-state index in [-0.39, 0.29) is 5.91 Å². The Labute approximate surface area is 154 Å². The summed E-state index contributed by atoms with van der Waals surface area (Å²) in [6.45, 7) is 3.86. The molecule has 0 saturated heterocycles. The van der Waals surface area contributed by atoms with E-state index >= 15 is 0 Å². The van der Waals surface area contributed by atoms with Gasteiger partial charge in [0.1, 0.15) is 17.2 Å². The maximum Gasteiger partial charge on any atom is 0.274 e. The van der Waals surface area contributed by atoms with Gasteiger partial charge in [0.2, 0.25) is 0 Å².